The topological polar surface area (TPSA) is 103 Å². The van der Waals surface area contributed by atoms with Gasteiger partial charge < -0.3 is 16.1 Å². The summed E-state index contributed by atoms with van der Waals surface area (Å²) >= 11 is 6.33. The van der Waals surface area contributed by atoms with Crippen LogP contribution in [0.2, 0.25) is 5.02 Å². The Hall–Kier alpha value is -3.78. The van der Waals surface area contributed by atoms with E-state index in [1.165, 1.54) is 12.1 Å². The zero-order valence-electron chi connectivity index (χ0n) is 17.1. The van der Waals surface area contributed by atoms with Crippen molar-refractivity contribution in [1.29, 1.82) is 5.41 Å². The molecule has 4 rings (SSSR count). The highest BCUT2D eigenvalue weighted by Crippen LogP contribution is 2.32. The maximum absolute atomic E-state index is 13.6. The third kappa shape index (κ3) is 4.60. The molecule has 0 spiro atoms. The average molecular weight is 450 g/mol. The van der Waals surface area contributed by atoms with Crippen LogP contribution < -0.4 is 11.2 Å². The van der Waals surface area contributed by atoms with Crippen molar-refractivity contribution in [2.75, 3.05) is 13.2 Å². The lowest BCUT2D eigenvalue weighted by Crippen LogP contribution is -2.25. The number of rotatable bonds is 6. The Labute approximate surface area is 189 Å². The molecule has 7 nitrogen and oxygen atoms in total. The standard InChI is InChI=1S/C23H21ClFN7/c24-19-4-2-1-3-15(19)10-12-32-14-29-21(22(32)16-5-7-18(25)8-6-16)20-13-17(9-11-28-20)23(26)30-31-27/h1-9,11,13,29H,10,12,14H2,(H3,26,27,30). The molecule has 0 aliphatic carbocycles. The van der Waals surface area contributed by atoms with Crippen LogP contribution in [-0.4, -0.2) is 28.9 Å². The number of benzene rings is 2. The van der Waals surface area contributed by atoms with E-state index >= 15 is 0 Å². The SMILES string of the molecule is N=C(/N=N\N)c1ccnc(C2=C(c3ccc(F)cc3)N(CCc3ccccc3Cl)CN2)c1. The van der Waals surface area contributed by atoms with Gasteiger partial charge in [0.2, 0.25) is 0 Å². The number of nitrogens with zero attached hydrogens (tertiary/aromatic N) is 4. The molecule has 1 aliphatic rings. The zero-order valence-corrected chi connectivity index (χ0v) is 17.9. The second-order valence-electron chi connectivity index (χ2n) is 7.16. The summed E-state index contributed by atoms with van der Waals surface area (Å²) in [4.78, 5) is 6.65. The number of nitrogens with two attached hydrogens (primary N) is 1. The van der Waals surface area contributed by atoms with Crippen molar-refractivity contribution >= 4 is 28.8 Å². The first-order valence-corrected chi connectivity index (χ1v) is 10.3. The minimum atomic E-state index is -0.301. The van der Waals surface area contributed by atoms with Gasteiger partial charge in [-0.3, -0.25) is 10.4 Å². The van der Waals surface area contributed by atoms with Gasteiger partial charge in [0.05, 0.1) is 23.8 Å². The smallest absolute Gasteiger partial charge is 0.176 e. The first-order valence-electron chi connectivity index (χ1n) is 9.95. The third-order valence-corrected chi connectivity index (χ3v) is 5.54. The third-order valence-electron chi connectivity index (χ3n) is 5.17. The molecule has 0 fully saturated rings. The maximum Gasteiger partial charge on any atom is 0.176 e. The van der Waals surface area contributed by atoms with Crippen molar-refractivity contribution in [3.63, 3.8) is 0 Å². The summed E-state index contributed by atoms with van der Waals surface area (Å²) in [7, 11) is 0. The fraction of sp³-hybridized carbons (Fsp3) is 0.130. The second-order valence-corrected chi connectivity index (χ2v) is 7.57. The molecule has 9 heteroatoms. The van der Waals surface area contributed by atoms with Gasteiger partial charge in [-0.05, 0) is 54.4 Å². The first-order chi connectivity index (χ1) is 15.6. The van der Waals surface area contributed by atoms with E-state index < -0.39 is 0 Å². The van der Waals surface area contributed by atoms with E-state index in [-0.39, 0.29) is 11.7 Å². The lowest BCUT2D eigenvalue weighted by atomic mass is 10.1. The van der Waals surface area contributed by atoms with Crippen molar-refractivity contribution in [2.24, 2.45) is 16.2 Å². The van der Waals surface area contributed by atoms with Crippen LogP contribution in [0.1, 0.15) is 22.4 Å². The molecule has 4 N–H and O–H groups in total. The second kappa shape index (κ2) is 9.57. The van der Waals surface area contributed by atoms with Crippen molar-refractivity contribution in [3.8, 4) is 0 Å². The highest BCUT2D eigenvalue weighted by molar-refractivity contribution is 6.31. The van der Waals surface area contributed by atoms with Gasteiger partial charge in [0.1, 0.15) is 5.82 Å². The van der Waals surface area contributed by atoms with Crippen molar-refractivity contribution < 1.29 is 4.39 Å². The summed E-state index contributed by atoms with van der Waals surface area (Å²) < 4.78 is 13.6. The zero-order chi connectivity index (χ0) is 22.5. The summed E-state index contributed by atoms with van der Waals surface area (Å²) in [5, 5.41) is 18.9. The number of nitrogens with one attached hydrogen (secondary N) is 2. The van der Waals surface area contributed by atoms with Gasteiger partial charge in [0.15, 0.2) is 5.84 Å². The molecular weight excluding hydrogens is 429 g/mol. The average Bonchev–Trinajstić information content (AvgIpc) is 3.23. The number of halogens is 2. The molecule has 3 aromatic rings. The van der Waals surface area contributed by atoms with Gasteiger partial charge in [-0.25, -0.2) is 4.39 Å². The van der Waals surface area contributed by atoms with E-state index in [0.29, 0.717) is 24.5 Å². The summed E-state index contributed by atoms with van der Waals surface area (Å²) in [6.45, 7) is 1.25. The Kier molecular flexibility index (Phi) is 6.42. The van der Waals surface area contributed by atoms with Crippen LogP contribution in [0.15, 0.2) is 77.2 Å². The normalized spacial score (nSPS) is 13.6. The molecule has 32 heavy (non-hydrogen) atoms. The van der Waals surface area contributed by atoms with E-state index in [0.717, 1.165) is 34.0 Å². The van der Waals surface area contributed by atoms with Crippen molar-refractivity contribution in [1.82, 2.24) is 15.2 Å². The Morgan fingerprint density at radius 3 is 2.72 bits per heavy atom. The Bertz CT molecular complexity index is 1190. The number of aromatic nitrogens is 1. The number of hydrogen-bond donors (Lipinski definition) is 3. The van der Waals surface area contributed by atoms with Gasteiger partial charge in [-0.2, -0.15) is 0 Å². The van der Waals surface area contributed by atoms with Crippen LogP contribution in [-0.2, 0) is 6.42 Å². The summed E-state index contributed by atoms with van der Waals surface area (Å²) in [5.41, 5.74) is 4.77. The molecule has 162 valence electrons. The highest BCUT2D eigenvalue weighted by atomic mass is 35.5. The van der Waals surface area contributed by atoms with Gasteiger partial charge >= 0.3 is 0 Å². The van der Waals surface area contributed by atoms with E-state index in [9.17, 15) is 4.39 Å². The summed E-state index contributed by atoms with van der Waals surface area (Å²) in [6.07, 6.45) is 2.35. The molecule has 0 unspecified atom stereocenters. The first kappa shape index (κ1) is 21.5. The minimum absolute atomic E-state index is 0.0614. The van der Waals surface area contributed by atoms with Crippen LogP contribution in [0.3, 0.4) is 0 Å². The Morgan fingerprint density at radius 2 is 1.97 bits per heavy atom. The quantitative estimate of drug-likeness (QED) is 0.170. The maximum atomic E-state index is 13.6. The lowest BCUT2D eigenvalue weighted by Gasteiger charge is -2.22. The molecule has 1 aliphatic heterocycles. The van der Waals surface area contributed by atoms with Crippen molar-refractivity contribution in [2.45, 2.75) is 6.42 Å². The Morgan fingerprint density at radius 1 is 1.19 bits per heavy atom. The van der Waals surface area contributed by atoms with Gasteiger partial charge in [0, 0.05) is 28.9 Å². The van der Waals surface area contributed by atoms with Crippen LogP contribution in [0.5, 0.6) is 0 Å². The predicted molar refractivity (Wildman–Crippen MR) is 123 cm³/mol. The van der Waals surface area contributed by atoms with Gasteiger partial charge in [-0.1, -0.05) is 35.0 Å². The molecule has 2 heterocycles. The molecule has 0 saturated heterocycles. The van der Waals surface area contributed by atoms with E-state index in [2.05, 4.69) is 25.5 Å². The van der Waals surface area contributed by atoms with Crippen LogP contribution in [0.25, 0.3) is 11.4 Å². The van der Waals surface area contributed by atoms with Gasteiger partial charge in [0.25, 0.3) is 0 Å². The van der Waals surface area contributed by atoms with E-state index in [4.69, 9.17) is 22.9 Å². The molecule has 0 saturated carbocycles. The Balaban J connectivity index is 1.71. The largest absolute Gasteiger partial charge is 0.364 e. The molecule has 0 radical (unpaired) electrons. The van der Waals surface area contributed by atoms with E-state index in [1.807, 2.05) is 24.3 Å². The minimum Gasteiger partial charge on any atom is -0.364 e. The molecule has 0 bridgehead atoms. The van der Waals surface area contributed by atoms with Crippen molar-refractivity contribution in [3.05, 3.63) is 100 Å². The number of pyridine rings is 1. The highest BCUT2D eigenvalue weighted by Gasteiger charge is 2.25. The number of hydrogen-bond acceptors (Lipinski definition) is 5. The molecule has 2 aromatic carbocycles. The predicted octanol–water partition coefficient (Wildman–Crippen LogP) is 4.46. The van der Waals surface area contributed by atoms with Gasteiger partial charge in [-0.15, -0.1) is 5.11 Å². The fourth-order valence-electron chi connectivity index (χ4n) is 3.62. The van der Waals surface area contributed by atoms with Crippen LogP contribution in [0, 0.1) is 11.2 Å². The van der Waals surface area contributed by atoms with Crippen LogP contribution >= 0.6 is 11.6 Å². The lowest BCUT2D eigenvalue weighted by molar-refractivity contribution is 0.413. The molecular formula is C23H21ClFN7. The van der Waals surface area contributed by atoms with E-state index in [1.54, 1.807) is 30.5 Å². The monoisotopic (exact) mass is 449 g/mol. The summed E-state index contributed by atoms with van der Waals surface area (Å²) in [5.74, 6) is 4.72. The fourth-order valence-corrected chi connectivity index (χ4v) is 3.85. The summed E-state index contributed by atoms with van der Waals surface area (Å²) in [6, 6.07) is 17.5. The molecule has 0 atom stereocenters. The van der Waals surface area contributed by atoms with Crippen LogP contribution in [0.4, 0.5) is 4.39 Å². The number of amidine groups is 1. The molecule has 0 amide bonds. The molecule has 1 aromatic heterocycles.